The van der Waals surface area contributed by atoms with Gasteiger partial charge in [0.1, 0.15) is 18.1 Å². The van der Waals surface area contributed by atoms with Crippen LogP contribution < -0.4 is 33.2 Å². The van der Waals surface area contributed by atoms with Crippen molar-refractivity contribution in [2.75, 3.05) is 0 Å². The fourth-order valence-corrected chi connectivity index (χ4v) is 2.44. The monoisotopic (exact) mass is 490 g/mol. The highest BCUT2D eigenvalue weighted by atomic mass is 16.4. The summed E-state index contributed by atoms with van der Waals surface area (Å²) in [4.78, 5) is 92.2. The summed E-state index contributed by atoms with van der Waals surface area (Å²) >= 11 is 0. The molecule has 0 aromatic heterocycles. The van der Waals surface area contributed by atoms with E-state index in [0.29, 0.717) is 0 Å². The van der Waals surface area contributed by atoms with Gasteiger partial charge in [-0.2, -0.15) is 0 Å². The minimum Gasteiger partial charge on any atom is -0.481 e. The van der Waals surface area contributed by atoms with E-state index < -0.39 is 104 Å². The largest absolute Gasteiger partial charge is 0.481 e. The molecule has 12 N–H and O–H groups in total. The highest BCUT2D eigenvalue weighted by Gasteiger charge is 2.32. The number of carbonyl (C=O) groups excluding carboxylic acids is 5. The van der Waals surface area contributed by atoms with Crippen LogP contribution in [0.4, 0.5) is 0 Å². The van der Waals surface area contributed by atoms with Crippen LogP contribution in [0.2, 0.25) is 0 Å². The van der Waals surface area contributed by atoms with Crippen molar-refractivity contribution in [1.82, 2.24) is 16.0 Å². The van der Waals surface area contributed by atoms with E-state index in [0.717, 1.165) is 0 Å². The third kappa shape index (κ3) is 11.9. The Morgan fingerprint density at radius 3 is 1.53 bits per heavy atom. The lowest BCUT2D eigenvalue weighted by Crippen LogP contribution is -2.58. The summed E-state index contributed by atoms with van der Waals surface area (Å²) in [5.41, 5.74) is 15.3. The fourth-order valence-electron chi connectivity index (χ4n) is 2.44. The second-order valence-electron chi connectivity index (χ2n) is 7.00. The van der Waals surface area contributed by atoms with E-state index in [4.69, 9.17) is 32.5 Å². The van der Waals surface area contributed by atoms with Crippen LogP contribution in [0.25, 0.3) is 0 Å². The lowest BCUT2D eigenvalue weighted by Gasteiger charge is -2.24. The third-order valence-corrected chi connectivity index (χ3v) is 4.08. The molecule has 0 spiro atoms. The molecule has 5 amide bonds. The molecule has 4 unspecified atom stereocenters. The Morgan fingerprint density at radius 2 is 1.09 bits per heavy atom. The first-order chi connectivity index (χ1) is 15.6. The molecule has 0 aliphatic heterocycles. The quantitative estimate of drug-likeness (QED) is 0.0981. The molecule has 0 aliphatic carbocycles. The minimum absolute atomic E-state index is 0.456. The van der Waals surface area contributed by atoms with Gasteiger partial charge >= 0.3 is 17.9 Å². The Hall–Kier alpha value is -4.28. The summed E-state index contributed by atoms with van der Waals surface area (Å²) in [5, 5.41) is 32.7. The van der Waals surface area contributed by atoms with Gasteiger partial charge in [0, 0.05) is 6.42 Å². The first-order valence-electron chi connectivity index (χ1n) is 9.53. The van der Waals surface area contributed by atoms with Gasteiger partial charge in [-0.15, -0.1) is 0 Å². The number of primary amides is 2. The van der Waals surface area contributed by atoms with Crippen LogP contribution in [-0.2, 0) is 38.4 Å². The molecule has 0 radical (unpaired) electrons. The summed E-state index contributed by atoms with van der Waals surface area (Å²) in [6, 6.07) is -6.87. The van der Waals surface area contributed by atoms with E-state index in [1.807, 2.05) is 10.6 Å². The van der Waals surface area contributed by atoms with Gasteiger partial charge < -0.3 is 48.5 Å². The van der Waals surface area contributed by atoms with Crippen molar-refractivity contribution >= 4 is 47.4 Å². The zero-order chi connectivity index (χ0) is 26.6. The molecular formula is C17H26N6O11. The molecule has 0 bridgehead atoms. The summed E-state index contributed by atoms with van der Waals surface area (Å²) < 4.78 is 0. The Labute approximate surface area is 191 Å². The van der Waals surface area contributed by atoms with Crippen molar-refractivity contribution in [1.29, 1.82) is 0 Å². The highest BCUT2D eigenvalue weighted by Crippen LogP contribution is 2.04. The SMILES string of the molecule is NC(=O)CCC(NC(=O)C(CC(=O)O)NC(=O)C(N)CC(=O)O)C(=O)NC(CC(N)=O)C(=O)O. The molecule has 0 saturated carbocycles. The molecule has 0 heterocycles. The maximum absolute atomic E-state index is 12.6. The third-order valence-electron chi connectivity index (χ3n) is 4.08. The van der Waals surface area contributed by atoms with Crippen LogP contribution in [0.5, 0.6) is 0 Å². The van der Waals surface area contributed by atoms with Gasteiger partial charge in [-0.05, 0) is 6.42 Å². The van der Waals surface area contributed by atoms with E-state index in [1.165, 1.54) is 0 Å². The van der Waals surface area contributed by atoms with Gasteiger partial charge in [-0.3, -0.25) is 33.6 Å². The van der Waals surface area contributed by atoms with Crippen LogP contribution >= 0.6 is 0 Å². The second kappa shape index (κ2) is 14.0. The molecule has 34 heavy (non-hydrogen) atoms. The number of hydrogen-bond donors (Lipinski definition) is 9. The van der Waals surface area contributed by atoms with Crippen LogP contribution in [0, 0.1) is 0 Å². The van der Waals surface area contributed by atoms with E-state index in [9.17, 15) is 38.4 Å². The lowest BCUT2D eigenvalue weighted by molar-refractivity contribution is -0.144. The Balaban J connectivity index is 5.63. The first-order valence-corrected chi connectivity index (χ1v) is 9.53. The Bertz CT molecular complexity index is 846. The maximum Gasteiger partial charge on any atom is 0.326 e. The summed E-state index contributed by atoms with van der Waals surface area (Å²) in [7, 11) is 0. The molecule has 17 nitrogen and oxygen atoms in total. The molecule has 0 rings (SSSR count). The molecule has 0 aliphatic rings. The Kier molecular flexibility index (Phi) is 12.2. The first kappa shape index (κ1) is 29.7. The van der Waals surface area contributed by atoms with Crippen molar-refractivity contribution in [2.24, 2.45) is 17.2 Å². The van der Waals surface area contributed by atoms with Crippen molar-refractivity contribution in [3.05, 3.63) is 0 Å². The lowest BCUT2D eigenvalue weighted by atomic mass is 10.1. The second-order valence-corrected chi connectivity index (χ2v) is 7.00. The van der Waals surface area contributed by atoms with Crippen LogP contribution in [-0.4, -0.2) is 86.9 Å². The van der Waals surface area contributed by atoms with Crippen molar-refractivity contribution in [3.63, 3.8) is 0 Å². The summed E-state index contributed by atoms with van der Waals surface area (Å²) in [5.74, 6) is -10.2. The van der Waals surface area contributed by atoms with Crippen molar-refractivity contribution < 1.29 is 53.7 Å². The molecule has 0 saturated heterocycles. The van der Waals surface area contributed by atoms with Gasteiger partial charge in [-0.25, -0.2) is 4.79 Å². The smallest absolute Gasteiger partial charge is 0.326 e. The highest BCUT2D eigenvalue weighted by molar-refractivity contribution is 5.96. The van der Waals surface area contributed by atoms with Gasteiger partial charge in [-0.1, -0.05) is 0 Å². The molecule has 17 heteroatoms. The standard InChI is InChI=1S/C17H26N6O11/c18-6(3-12(26)27)14(30)22-8(5-13(28)29)16(32)21-7(1-2-10(19)24)15(31)23-9(17(33)34)4-11(20)25/h6-9H,1-5,18H2,(H2,19,24)(H2,20,25)(H,21,32)(H,22,30)(H,23,31)(H,26,27)(H,28,29)(H,33,34). The van der Waals surface area contributed by atoms with E-state index in [1.54, 1.807) is 0 Å². The topological polar surface area (TPSA) is 311 Å². The molecular weight excluding hydrogens is 464 g/mol. The number of rotatable bonds is 16. The molecule has 0 aromatic carbocycles. The number of amides is 5. The van der Waals surface area contributed by atoms with Crippen molar-refractivity contribution in [2.45, 2.75) is 56.3 Å². The normalized spacial score (nSPS) is 13.9. The number of carbonyl (C=O) groups is 8. The van der Waals surface area contributed by atoms with Crippen LogP contribution in [0.1, 0.15) is 32.1 Å². The number of hydrogen-bond acceptors (Lipinski definition) is 9. The number of nitrogens with two attached hydrogens (primary N) is 3. The van der Waals surface area contributed by atoms with E-state index in [-0.39, 0.29) is 0 Å². The maximum atomic E-state index is 12.6. The fraction of sp³-hybridized carbons (Fsp3) is 0.529. The van der Waals surface area contributed by atoms with Crippen LogP contribution in [0.15, 0.2) is 0 Å². The zero-order valence-electron chi connectivity index (χ0n) is 17.7. The molecule has 190 valence electrons. The molecule has 4 atom stereocenters. The van der Waals surface area contributed by atoms with E-state index >= 15 is 0 Å². The Morgan fingerprint density at radius 1 is 0.618 bits per heavy atom. The van der Waals surface area contributed by atoms with E-state index in [2.05, 4.69) is 5.32 Å². The van der Waals surface area contributed by atoms with Gasteiger partial charge in [0.2, 0.25) is 29.5 Å². The van der Waals surface area contributed by atoms with Gasteiger partial charge in [0.25, 0.3) is 0 Å². The summed E-state index contributed by atoms with van der Waals surface area (Å²) in [6.45, 7) is 0. The average molecular weight is 490 g/mol. The molecule has 0 fully saturated rings. The predicted molar refractivity (Wildman–Crippen MR) is 108 cm³/mol. The van der Waals surface area contributed by atoms with Crippen LogP contribution in [0.3, 0.4) is 0 Å². The van der Waals surface area contributed by atoms with Gasteiger partial charge in [0.15, 0.2) is 0 Å². The number of aliphatic carboxylic acids is 3. The minimum atomic E-state index is -1.82. The molecule has 0 aromatic rings. The number of nitrogens with one attached hydrogen (secondary N) is 3. The zero-order valence-corrected chi connectivity index (χ0v) is 17.7. The average Bonchev–Trinajstić information content (AvgIpc) is 2.68. The number of carboxylic acid groups (broad SMARTS) is 3. The number of carboxylic acids is 3. The predicted octanol–water partition coefficient (Wildman–Crippen LogP) is -5.06. The van der Waals surface area contributed by atoms with Gasteiger partial charge in [0.05, 0.1) is 25.3 Å². The van der Waals surface area contributed by atoms with Crippen molar-refractivity contribution in [3.8, 4) is 0 Å². The summed E-state index contributed by atoms with van der Waals surface area (Å²) in [6.07, 6.45) is -3.54.